The summed E-state index contributed by atoms with van der Waals surface area (Å²) < 4.78 is 2.00. The van der Waals surface area contributed by atoms with E-state index in [1.807, 2.05) is 30.1 Å². The molecule has 0 bridgehead atoms. The third-order valence-electron chi connectivity index (χ3n) is 2.02. The fourth-order valence-corrected chi connectivity index (χ4v) is 1.20. The molecular weight excluding hydrogens is 315 g/mol. The highest BCUT2D eigenvalue weighted by atomic mass is 127. The van der Waals surface area contributed by atoms with Gasteiger partial charge in [0.15, 0.2) is 5.96 Å². The second-order valence-corrected chi connectivity index (χ2v) is 4.16. The highest BCUT2D eigenvalue weighted by molar-refractivity contribution is 14.0. The van der Waals surface area contributed by atoms with Crippen molar-refractivity contribution in [2.24, 2.45) is 23.7 Å². The molecule has 0 saturated heterocycles. The summed E-state index contributed by atoms with van der Waals surface area (Å²) in [5.74, 6) is 1.10. The maximum Gasteiger partial charge on any atom is 0.188 e. The third kappa shape index (κ3) is 5.99. The van der Waals surface area contributed by atoms with Gasteiger partial charge in [-0.3, -0.25) is 0 Å². The Kier molecular flexibility index (Phi) is 7.20. The van der Waals surface area contributed by atoms with Gasteiger partial charge in [0.05, 0.1) is 6.54 Å². The third-order valence-corrected chi connectivity index (χ3v) is 2.02. The average Bonchev–Trinajstić information content (AvgIpc) is 2.58. The largest absolute Gasteiger partial charge is 0.370 e. The maximum atomic E-state index is 5.71. The van der Waals surface area contributed by atoms with E-state index in [0.29, 0.717) is 18.4 Å². The van der Waals surface area contributed by atoms with Crippen LogP contribution in [0.2, 0.25) is 0 Å². The Morgan fingerprint density at radius 2 is 2.25 bits per heavy atom. The molecule has 0 aromatic carbocycles. The van der Waals surface area contributed by atoms with Crippen molar-refractivity contribution < 1.29 is 0 Å². The van der Waals surface area contributed by atoms with Crippen molar-refractivity contribution in [3.05, 3.63) is 24.0 Å². The van der Waals surface area contributed by atoms with Gasteiger partial charge in [-0.25, -0.2) is 4.99 Å². The summed E-state index contributed by atoms with van der Waals surface area (Å²) in [5, 5.41) is 3.08. The molecule has 0 amide bonds. The molecule has 1 aromatic heterocycles. The molecule has 1 heterocycles. The van der Waals surface area contributed by atoms with Crippen molar-refractivity contribution in [2.45, 2.75) is 20.4 Å². The van der Waals surface area contributed by atoms with E-state index in [1.54, 1.807) is 0 Å². The first-order valence-electron chi connectivity index (χ1n) is 5.22. The zero-order valence-corrected chi connectivity index (χ0v) is 12.4. The van der Waals surface area contributed by atoms with Crippen LogP contribution < -0.4 is 11.1 Å². The number of aliphatic imine (C=N–C) groups is 1. The first kappa shape index (κ1) is 15.3. The molecule has 16 heavy (non-hydrogen) atoms. The van der Waals surface area contributed by atoms with Crippen molar-refractivity contribution in [1.82, 2.24) is 9.88 Å². The van der Waals surface area contributed by atoms with Crippen LogP contribution in [0, 0.1) is 5.92 Å². The van der Waals surface area contributed by atoms with Gasteiger partial charge in [-0.2, -0.15) is 0 Å². The molecule has 0 aliphatic carbocycles. The van der Waals surface area contributed by atoms with Gasteiger partial charge in [0.25, 0.3) is 0 Å². The molecule has 1 aromatic rings. The minimum atomic E-state index is 0. The Balaban J connectivity index is 0.00000225. The maximum absolute atomic E-state index is 5.71. The van der Waals surface area contributed by atoms with Gasteiger partial charge in [0, 0.05) is 26.0 Å². The Labute approximate surface area is 114 Å². The van der Waals surface area contributed by atoms with Crippen LogP contribution in [0.3, 0.4) is 0 Å². The molecule has 0 atom stereocenters. The van der Waals surface area contributed by atoms with Gasteiger partial charge in [-0.05, 0) is 17.5 Å². The minimum Gasteiger partial charge on any atom is -0.370 e. The lowest BCUT2D eigenvalue weighted by molar-refractivity contribution is 0.622. The second-order valence-electron chi connectivity index (χ2n) is 4.16. The summed E-state index contributed by atoms with van der Waals surface area (Å²) in [6.07, 6.45) is 4.04. The summed E-state index contributed by atoms with van der Waals surface area (Å²) in [6, 6.07) is 2.04. The molecule has 0 fully saturated rings. The number of rotatable bonds is 4. The Morgan fingerprint density at radius 1 is 1.56 bits per heavy atom. The quantitative estimate of drug-likeness (QED) is 0.500. The highest BCUT2D eigenvalue weighted by Crippen LogP contribution is 2.00. The van der Waals surface area contributed by atoms with Gasteiger partial charge < -0.3 is 15.6 Å². The van der Waals surface area contributed by atoms with E-state index in [0.717, 1.165) is 6.54 Å². The zero-order chi connectivity index (χ0) is 11.3. The zero-order valence-electron chi connectivity index (χ0n) is 10.1. The molecule has 3 N–H and O–H groups in total. The van der Waals surface area contributed by atoms with E-state index in [2.05, 4.69) is 24.2 Å². The Morgan fingerprint density at radius 3 is 2.75 bits per heavy atom. The van der Waals surface area contributed by atoms with Crippen LogP contribution in [0.5, 0.6) is 0 Å². The van der Waals surface area contributed by atoms with Gasteiger partial charge in [-0.1, -0.05) is 13.8 Å². The van der Waals surface area contributed by atoms with Crippen LogP contribution in [0.4, 0.5) is 0 Å². The number of guanidine groups is 1. The smallest absolute Gasteiger partial charge is 0.188 e. The van der Waals surface area contributed by atoms with E-state index in [1.165, 1.54) is 5.56 Å². The van der Waals surface area contributed by atoms with Gasteiger partial charge in [-0.15, -0.1) is 24.0 Å². The van der Waals surface area contributed by atoms with Crippen molar-refractivity contribution in [2.75, 3.05) is 6.54 Å². The van der Waals surface area contributed by atoms with Crippen LogP contribution in [-0.2, 0) is 13.6 Å². The van der Waals surface area contributed by atoms with Crippen LogP contribution in [0.25, 0.3) is 0 Å². The van der Waals surface area contributed by atoms with E-state index >= 15 is 0 Å². The summed E-state index contributed by atoms with van der Waals surface area (Å²) >= 11 is 0. The number of aryl methyl sites for hydroxylation is 1. The molecule has 5 heteroatoms. The number of hydrogen-bond acceptors (Lipinski definition) is 1. The number of nitrogens with zero attached hydrogens (tertiary/aromatic N) is 2. The van der Waals surface area contributed by atoms with Crippen molar-refractivity contribution in [1.29, 1.82) is 0 Å². The first-order valence-corrected chi connectivity index (χ1v) is 5.22. The minimum absolute atomic E-state index is 0. The summed E-state index contributed by atoms with van der Waals surface area (Å²) in [7, 11) is 1.99. The Hall–Kier alpha value is -0.720. The summed E-state index contributed by atoms with van der Waals surface area (Å²) in [5.41, 5.74) is 6.88. The number of hydrogen-bond donors (Lipinski definition) is 2. The number of nitrogens with one attached hydrogen (secondary N) is 1. The fraction of sp³-hybridized carbons (Fsp3) is 0.545. The predicted octanol–water partition coefficient (Wildman–Crippen LogP) is 1.70. The predicted molar refractivity (Wildman–Crippen MR) is 79.0 cm³/mol. The molecule has 0 saturated carbocycles. The fourth-order valence-electron chi connectivity index (χ4n) is 1.20. The molecule has 0 radical (unpaired) electrons. The van der Waals surface area contributed by atoms with E-state index < -0.39 is 0 Å². The van der Waals surface area contributed by atoms with E-state index in [4.69, 9.17) is 5.73 Å². The molecule has 0 unspecified atom stereocenters. The SMILES string of the molecule is CC(C)CNC(N)=NCc1ccn(C)c1.I. The lowest BCUT2D eigenvalue weighted by Crippen LogP contribution is -2.34. The molecule has 4 nitrogen and oxygen atoms in total. The number of aromatic nitrogens is 1. The first-order chi connectivity index (χ1) is 7.08. The van der Waals surface area contributed by atoms with Crippen LogP contribution in [-0.4, -0.2) is 17.1 Å². The van der Waals surface area contributed by atoms with Crippen LogP contribution in [0.1, 0.15) is 19.4 Å². The summed E-state index contributed by atoms with van der Waals surface area (Å²) in [4.78, 5) is 4.25. The molecule has 92 valence electrons. The van der Waals surface area contributed by atoms with Crippen LogP contribution in [0.15, 0.2) is 23.5 Å². The lowest BCUT2D eigenvalue weighted by Gasteiger charge is -2.07. The highest BCUT2D eigenvalue weighted by Gasteiger charge is 1.96. The van der Waals surface area contributed by atoms with Crippen molar-refractivity contribution in [3.8, 4) is 0 Å². The monoisotopic (exact) mass is 336 g/mol. The van der Waals surface area contributed by atoms with E-state index in [9.17, 15) is 0 Å². The second kappa shape index (κ2) is 7.54. The van der Waals surface area contributed by atoms with E-state index in [-0.39, 0.29) is 24.0 Å². The molecule has 0 aliphatic heterocycles. The average molecular weight is 336 g/mol. The molecular formula is C11H21IN4. The number of nitrogens with two attached hydrogens (primary N) is 1. The molecule has 0 spiro atoms. The standard InChI is InChI=1S/C11H20N4.HI/c1-9(2)6-13-11(12)14-7-10-4-5-15(3)8-10;/h4-5,8-9H,6-7H2,1-3H3,(H3,12,13,14);1H. The van der Waals surface area contributed by atoms with Crippen molar-refractivity contribution >= 4 is 29.9 Å². The van der Waals surface area contributed by atoms with Gasteiger partial charge in [0.1, 0.15) is 0 Å². The molecule has 0 aliphatic rings. The Bertz CT molecular complexity index is 330. The van der Waals surface area contributed by atoms with Gasteiger partial charge >= 0.3 is 0 Å². The normalized spacial score (nSPS) is 11.4. The topological polar surface area (TPSA) is 55.3 Å². The summed E-state index contributed by atoms with van der Waals surface area (Å²) in [6.45, 7) is 5.77. The van der Waals surface area contributed by atoms with Crippen molar-refractivity contribution in [3.63, 3.8) is 0 Å². The molecule has 1 rings (SSSR count). The lowest BCUT2D eigenvalue weighted by atomic mass is 10.2. The van der Waals surface area contributed by atoms with Gasteiger partial charge in [0.2, 0.25) is 0 Å². The number of halogens is 1. The van der Waals surface area contributed by atoms with Crippen LogP contribution >= 0.6 is 24.0 Å².